The van der Waals surface area contributed by atoms with Crippen molar-refractivity contribution in [2.75, 3.05) is 5.75 Å². The first-order valence-electron chi connectivity index (χ1n) is 5.89. The van der Waals surface area contributed by atoms with E-state index in [1.54, 1.807) is 18.7 Å². The highest BCUT2D eigenvalue weighted by atomic mass is 32.2. The second-order valence-corrected chi connectivity index (χ2v) is 5.59. The molecule has 0 heterocycles. The molecule has 90 valence electrons. The molecule has 1 aliphatic rings. The summed E-state index contributed by atoms with van der Waals surface area (Å²) in [7, 11) is 0. The predicted octanol–water partition coefficient (Wildman–Crippen LogP) is 3.20. The fourth-order valence-electron chi connectivity index (χ4n) is 2.12. The van der Waals surface area contributed by atoms with Crippen molar-refractivity contribution in [1.82, 2.24) is 0 Å². The van der Waals surface area contributed by atoms with Gasteiger partial charge in [0.2, 0.25) is 0 Å². The van der Waals surface area contributed by atoms with Gasteiger partial charge in [0, 0.05) is 17.7 Å². The van der Waals surface area contributed by atoms with Crippen LogP contribution in [0.15, 0.2) is 29.2 Å². The summed E-state index contributed by atoms with van der Waals surface area (Å²) in [6.45, 7) is 1.60. The third-order valence-corrected chi connectivity index (χ3v) is 4.20. The lowest BCUT2D eigenvalue weighted by molar-refractivity contribution is -0.117. The van der Waals surface area contributed by atoms with Gasteiger partial charge in [-0.3, -0.25) is 9.59 Å². The molecule has 2 rings (SSSR count). The Morgan fingerprint density at radius 2 is 2.06 bits per heavy atom. The molecular formula is C14H16O2S. The van der Waals surface area contributed by atoms with Crippen molar-refractivity contribution in [1.29, 1.82) is 0 Å². The smallest absolute Gasteiger partial charge is 0.140 e. The SMILES string of the molecule is CC(=O)CSc1ccc([C@@H]2CCC(=O)C2)cc1. The van der Waals surface area contributed by atoms with E-state index in [1.807, 2.05) is 12.1 Å². The van der Waals surface area contributed by atoms with Crippen LogP contribution in [0, 0.1) is 0 Å². The third-order valence-electron chi connectivity index (χ3n) is 3.04. The van der Waals surface area contributed by atoms with Crippen LogP contribution in [0.3, 0.4) is 0 Å². The van der Waals surface area contributed by atoms with Gasteiger partial charge in [-0.15, -0.1) is 11.8 Å². The molecule has 0 radical (unpaired) electrons. The Kier molecular flexibility index (Phi) is 4.00. The van der Waals surface area contributed by atoms with Gasteiger partial charge in [-0.05, 0) is 37.0 Å². The number of carbonyl (C=O) groups is 2. The molecule has 1 aromatic rings. The standard InChI is InChI=1S/C14H16O2S/c1-10(15)9-17-14-6-3-11(4-7-14)12-2-5-13(16)8-12/h3-4,6-7,12H,2,5,8-9H2,1H3/t12-/m1/s1. The first kappa shape index (κ1) is 12.4. The number of hydrogen-bond donors (Lipinski definition) is 0. The Labute approximate surface area is 106 Å². The normalized spacial score (nSPS) is 19.6. The first-order chi connectivity index (χ1) is 8.15. The van der Waals surface area contributed by atoms with Gasteiger partial charge in [-0.2, -0.15) is 0 Å². The van der Waals surface area contributed by atoms with Crippen LogP contribution in [0.5, 0.6) is 0 Å². The number of carbonyl (C=O) groups excluding carboxylic acids is 2. The maximum absolute atomic E-state index is 11.2. The Hall–Kier alpha value is -1.09. The van der Waals surface area contributed by atoms with Crippen LogP contribution in [0.25, 0.3) is 0 Å². The van der Waals surface area contributed by atoms with Gasteiger partial charge in [0.1, 0.15) is 11.6 Å². The molecule has 2 nitrogen and oxygen atoms in total. The molecule has 0 unspecified atom stereocenters. The van der Waals surface area contributed by atoms with Crippen LogP contribution in [-0.4, -0.2) is 17.3 Å². The van der Waals surface area contributed by atoms with E-state index in [1.165, 1.54) is 5.56 Å². The minimum atomic E-state index is 0.195. The van der Waals surface area contributed by atoms with Crippen LogP contribution in [0.2, 0.25) is 0 Å². The monoisotopic (exact) mass is 248 g/mol. The van der Waals surface area contributed by atoms with E-state index in [4.69, 9.17) is 0 Å². The molecule has 3 heteroatoms. The summed E-state index contributed by atoms with van der Waals surface area (Å²) in [5.74, 6) is 1.52. The molecule has 1 fully saturated rings. The summed E-state index contributed by atoms with van der Waals surface area (Å²) >= 11 is 1.56. The van der Waals surface area contributed by atoms with Gasteiger partial charge in [-0.1, -0.05) is 12.1 Å². The lowest BCUT2D eigenvalue weighted by Crippen LogP contribution is -1.95. The third kappa shape index (κ3) is 3.43. The minimum absolute atomic E-state index is 0.195. The zero-order valence-electron chi connectivity index (χ0n) is 9.94. The molecule has 1 aliphatic carbocycles. The largest absolute Gasteiger partial charge is 0.300 e. The second kappa shape index (κ2) is 5.50. The van der Waals surface area contributed by atoms with E-state index in [0.29, 0.717) is 23.9 Å². The average Bonchev–Trinajstić information content (AvgIpc) is 2.74. The Morgan fingerprint density at radius 1 is 1.35 bits per heavy atom. The maximum Gasteiger partial charge on any atom is 0.140 e. The minimum Gasteiger partial charge on any atom is -0.300 e. The predicted molar refractivity (Wildman–Crippen MR) is 69.4 cm³/mol. The zero-order chi connectivity index (χ0) is 12.3. The molecule has 0 bridgehead atoms. The molecule has 0 N–H and O–H groups in total. The Morgan fingerprint density at radius 3 is 2.59 bits per heavy atom. The van der Waals surface area contributed by atoms with E-state index in [9.17, 15) is 9.59 Å². The molecule has 1 aromatic carbocycles. The van der Waals surface area contributed by atoms with Crippen LogP contribution in [0.1, 0.15) is 37.7 Å². The number of rotatable bonds is 4. The molecule has 0 amide bonds. The number of benzene rings is 1. The quantitative estimate of drug-likeness (QED) is 0.767. The Bertz CT molecular complexity index is 422. The highest BCUT2D eigenvalue weighted by Crippen LogP contribution is 2.32. The first-order valence-corrected chi connectivity index (χ1v) is 6.87. The van der Waals surface area contributed by atoms with Gasteiger partial charge >= 0.3 is 0 Å². The average molecular weight is 248 g/mol. The van der Waals surface area contributed by atoms with Gasteiger partial charge in [0.05, 0.1) is 5.75 Å². The van der Waals surface area contributed by atoms with Crippen LogP contribution >= 0.6 is 11.8 Å². The Balaban J connectivity index is 1.98. The number of thioether (sulfide) groups is 1. The molecule has 17 heavy (non-hydrogen) atoms. The molecule has 1 atom stereocenters. The van der Waals surface area contributed by atoms with Gasteiger partial charge in [-0.25, -0.2) is 0 Å². The van der Waals surface area contributed by atoms with Crippen molar-refractivity contribution in [3.8, 4) is 0 Å². The van der Waals surface area contributed by atoms with E-state index in [-0.39, 0.29) is 5.78 Å². The van der Waals surface area contributed by atoms with E-state index >= 15 is 0 Å². The lowest BCUT2D eigenvalue weighted by atomic mass is 9.98. The summed E-state index contributed by atoms with van der Waals surface area (Å²) < 4.78 is 0. The lowest BCUT2D eigenvalue weighted by Gasteiger charge is -2.09. The van der Waals surface area contributed by atoms with Gasteiger partial charge in [0.15, 0.2) is 0 Å². The topological polar surface area (TPSA) is 34.1 Å². The van der Waals surface area contributed by atoms with E-state index < -0.39 is 0 Å². The maximum atomic E-state index is 11.2. The summed E-state index contributed by atoms with van der Waals surface area (Å²) in [6, 6.07) is 8.27. The van der Waals surface area contributed by atoms with Crippen molar-refractivity contribution < 1.29 is 9.59 Å². The molecule has 1 saturated carbocycles. The number of hydrogen-bond acceptors (Lipinski definition) is 3. The van der Waals surface area contributed by atoms with Crippen molar-refractivity contribution in [3.63, 3.8) is 0 Å². The summed E-state index contributed by atoms with van der Waals surface area (Å²) in [5, 5.41) is 0. The van der Waals surface area contributed by atoms with Crippen molar-refractivity contribution >= 4 is 23.3 Å². The fourth-order valence-corrected chi connectivity index (χ4v) is 2.82. The van der Waals surface area contributed by atoms with E-state index in [2.05, 4.69) is 12.1 Å². The molecule has 0 saturated heterocycles. The summed E-state index contributed by atoms with van der Waals surface area (Å²) in [4.78, 5) is 23.2. The fraction of sp³-hybridized carbons (Fsp3) is 0.429. The number of ketones is 2. The van der Waals surface area contributed by atoms with E-state index in [0.717, 1.165) is 17.7 Å². The summed E-state index contributed by atoms with van der Waals surface area (Å²) in [5.41, 5.74) is 1.25. The van der Waals surface area contributed by atoms with Crippen LogP contribution in [0.4, 0.5) is 0 Å². The molecule has 0 spiro atoms. The van der Waals surface area contributed by atoms with Crippen molar-refractivity contribution in [3.05, 3.63) is 29.8 Å². The van der Waals surface area contributed by atoms with Crippen molar-refractivity contribution in [2.45, 2.75) is 37.0 Å². The molecule has 0 aromatic heterocycles. The number of Topliss-reactive ketones (excluding diaryl/α,β-unsaturated/α-hetero) is 2. The van der Waals surface area contributed by atoms with Crippen LogP contribution in [-0.2, 0) is 9.59 Å². The van der Waals surface area contributed by atoms with Gasteiger partial charge in [0.25, 0.3) is 0 Å². The van der Waals surface area contributed by atoms with Gasteiger partial charge < -0.3 is 0 Å². The molecule has 0 aliphatic heterocycles. The highest BCUT2D eigenvalue weighted by molar-refractivity contribution is 8.00. The second-order valence-electron chi connectivity index (χ2n) is 4.54. The van der Waals surface area contributed by atoms with Crippen molar-refractivity contribution in [2.24, 2.45) is 0 Å². The molecular weight excluding hydrogens is 232 g/mol. The zero-order valence-corrected chi connectivity index (χ0v) is 10.8. The highest BCUT2D eigenvalue weighted by Gasteiger charge is 2.23. The van der Waals surface area contributed by atoms with Crippen LogP contribution < -0.4 is 0 Å². The summed E-state index contributed by atoms with van der Waals surface area (Å²) in [6.07, 6.45) is 2.41.